The number of amides is 1. The summed E-state index contributed by atoms with van der Waals surface area (Å²) >= 11 is 7.55. The lowest BCUT2D eigenvalue weighted by Gasteiger charge is -2.29. The van der Waals surface area contributed by atoms with E-state index in [0.717, 1.165) is 22.6 Å². The Bertz CT molecular complexity index is 938. The second-order valence-corrected chi connectivity index (χ2v) is 8.24. The standard InChI is InChI=1S/C22H19ClF3NOS/c1-15(13-20-3-2-12-29-20)27(14-16-4-10-19(23)11-5-16)21(28)17-6-8-18(9-7-17)22(24,25)26/h2-12,15H,13-14H2,1H3/t15-/m0/s1. The topological polar surface area (TPSA) is 20.3 Å². The summed E-state index contributed by atoms with van der Waals surface area (Å²) in [6, 6.07) is 15.4. The summed E-state index contributed by atoms with van der Waals surface area (Å²) in [5.74, 6) is -0.308. The van der Waals surface area contributed by atoms with E-state index in [9.17, 15) is 18.0 Å². The van der Waals surface area contributed by atoms with Crippen molar-refractivity contribution in [3.05, 3.63) is 92.6 Å². The molecule has 0 saturated carbocycles. The SMILES string of the molecule is C[C@@H](Cc1cccs1)N(Cc1ccc(Cl)cc1)C(=O)c1ccc(C(F)(F)F)cc1. The van der Waals surface area contributed by atoms with Gasteiger partial charge in [-0.25, -0.2) is 0 Å². The minimum atomic E-state index is -4.43. The molecular weight excluding hydrogens is 419 g/mol. The molecule has 1 amide bonds. The summed E-state index contributed by atoms with van der Waals surface area (Å²) in [4.78, 5) is 16.0. The van der Waals surface area contributed by atoms with E-state index in [4.69, 9.17) is 11.6 Å². The van der Waals surface area contributed by atoms with Crippen molar-refractivity contribution in [1.82, 2.24) is 4.90 Å². The van der Waals surface area contributed by atoms with Gasteiger partial charge in [-0.3, -0.25) is 4.79 Å². The average molecular weight is 438 g/mol. The number of hydrogen-bond acceptors (Lipinski definition) is 2. The first kappa shape index (κ1) is 21.4. The van der Waals surface area contributed by atoms with Crippen LogP contribution in [0.25, 0.3) is 0 Å². The van der Waals surface area contributed by atoms with Crippen LogP contribution in [-0.4, -0.2) is 16.8 Å². The van der Waals surface area contributed by atoms with E-state index >= 15 is 0 Å². The lowest BCUT2D eigenvalue weighted by atomic mass is 10.1. The normalized spacial score (nSPS) is 12.6. The van der Waals surface area contributed by atoms with Gasteiger partial charge in [0.05, 0.1) is 5.56 Å². The molecule has 3 rings (SSSR count). The maximum atomic E-state index is 13.2. The van der Waals surface area contributed by atoms with Crippen molar-refractivity contribution < 1.29 is 18.0 Å². The molecule has 2 aromatic carbocycles. The molecule has 29 heavy (non-hydrogen) atoms. The first-order valence-electron chi connectivity index (χ1n) is 8.99. The largest absolute Gasteiger partial charge is 0.416 e. The molecule has 1 atom stereocenters. The maximum absolute atomic E-state index is 13.2. The lowest BCUT2D eigenvalue weighted by Crippen LogP contribution is -2.39. The Morgan fingerprint density at radius 3 is 2.28 bits per heavy atom. The number of alkyl halides is 3. The molecular formula is C22H19ClF3NOS. The van der Waals surface area contributed by atoms with Crippen LogP contribution in [-0.2, 0) is 19.1 Å². The van der Waals surface area contributed by atoms with Crippen molar-refractivity contribution >= 4 is 28.8 Å². The number of nitrogens with zero attached hydrogens (tertiary/aromatic N) is 1. The van der Waals surface area contributed by atoms with Crippen LogP contribution >= 0.6 is 22.9 Å². The molecule has 1 aromatic heterocycles. The third-order valence-electron chi connectivity index (χ3n) is 4.59. The van der Waals surface area contributed by atoms with Crippen molar-refractivity contribution in [3.63, 3.8) is 0 Å². The van der Waals surface area contributed by atoms with Crippen LogP contribution < -0.4 is 0 Å². The first-order valence-corrected chi connectivity index (χ1v) is 10.2. The Balaban J connectivity index is 1.86. The molecule has 3 aromatic rings. The molecule has 0 aliphatic carbocycles. The minimum absolute atomic E-state index is 0.140. The summed E-state index contributed by atoms with van der Waals surface area (Å²) in [5, 5.41) is 2.57. The highest BCUT2D eigenvalue weighted by Crippen LogP contribution is 2.29. The summed E-state index contributed by atoms with van der Waals surface area (Å²) in [5.41, 5.74) is 0.350. The quantitative estimate of drug-likeness (QED) is 0.420. The molecule has 1 heterocycles. The highest BCUT2D eigenvalue weighted by atomic mass is 35.5. The zero-order valence-electron chi connectivity index (χ0n) is 15.6. The van der Waals surface area contributed by atoms with E-state index in [2.05, 4.69) is 0 Å². The molecule has 0 aliphatic heterocycles. The third-order valence-corrected chi connectivity index (χ3v) is 5.75. The van der Waals surface area contributed by atoms with Gasteiger partial charge in [-0.1, -0.05) is 29.8 Å². The average Bonchev–Trinajstić information content (AvgIpc) is 3.19. The van der Waals surface area contributed by atoms with Gasteiger partial charge in [0.15, 0.2) is 0 Å². The number of carbonyl (C=O) groups excluding carboxylic acids is 1. The summed E-state index contributed by atoms with van der Waals surface area (Å²) < 4.78 is 38.5. The second-order valence-electron chi connectivity index (χ2n) is 6.77. The van der Waals surface area contributed by atoms with Crippen LogP contribution in [0.5, 0.6) is 0 Å². The predicted octanol–water partition coefficient (Wildman–Crippen LogP) is 6.69. The molecule has 0 aliphatic rings. The maximum Gasteiger partial charge on any atom is 0.416 e. The number of rotatable bonds is 6. The van der Waals surface area contributed by atoms with E-state index in [0.29, 0.717) is 18.0 Å². The highest BCUT2D eigenvalue weighted by Gasteiger charge is 2.31. The summed E-state index contributed by atoms with van der Waals surface area (Å²) in [7, 11) is 0. The monoisotopic (exact) mass is 437 g/mol. The van der Waals surface area contributed by atoms with Gasteiger partial charge in [-0.15, -0.1) is 11.3 Å². The minimum Gasteiger partial charge on any atom is -0.331 e. The molecule has 0 N–H and O–H groups in total. The Hall–Kier alpha value is -2.31. The van der Waals surface area contributed by atoms with Crippen LogP contribution in [0.4, 0.5) is 13.2 Å². The predicted molar refractivity (Wildman–Crippen MR) is 110 cm³/mol. The van der Waals surface area contributed by atoms with Crippen LogP contribution in [0.1, 0.15) is 33.3 Å². The fraction of sp³-hybridized carbons (Fsp3) is 0.227. The highest BCUT2D eigenvalue weighted by molar-refractivity contribution is 7.09. The van der Waals surface area contributed by atoms with Crippen molar-refractivity contribution in [2.75, 3.05) is 0 Å². The van der Waals surface area contributed by atoms with Gasteiger partial charge < -0.3 is 4.90 Å². The summed E-state index contributed by atoms with van der Waals surface area (Å²) in [6.45, 7) is 2.28. The van der Waals surface area contributed by atoms with Gasteiger partial charge in [-0.05, 0) is 60.3 Å². The Morgan fingerprint density at radius 2 is 1.72 bits per heavy atom. The van der Waals surface area contributed by atoms with E-state index in [1.807, 2.05) is 36.6 Å². The number of benzene rings is 2. The van der Waals surface area contributed by atoms with Gasteiger partial charge in [0, 0.05) is 34.5 Å². The van der Waals surface area contributed by atoms with E-state index in [1.54, 1.807) is 28.4 Å². The Kier molecular flexibility index (Phi) is 6.65. The number of halogens is 4. The van der Waals surface area contributed by atoms with Crippen LogP contribution in [0.15, 0.2) is 66.0 Å². The van der Waals surface area contributed by atoms with Gasteiger partial charge in [-0.2, -0.15) is 13.2 Å². The Morgan fingerprint density at radius 1 is 1.07 bits per heavy atom. The molecule has 0 fully saturated rings. The van der Waals surface area contributed by atoms with Crippen LogP contribution in [0, 0.1) is 0 Å². The van der Waals surface area contributed by atoms with Crippen LogP contribution in [0.2, 0.25) is 5.02 Å². The number of carbonyl (C=O) groups is 1. The van der Waals surface area contributed by atoms with E-state index in [1.165, 1.54) is 12.1 Å². The molecule has 0 saturated heterocycles. The smallest absolute Gasteiger partial charge is 0.331 e. The van der Waals surface area contributed by atoms with Gasteiger partial charge >= 0.3 is 6.18 Å². The third kappa shape index (κ3) is 5.61. The van der Waals surface area contributed by atoms with E-state index in [-0.39, 0.29) is 17.5 Å². The second kappa shape index (κ2) is 9.01. The van der Waals surface area contributed by atoms with Crippen molar-refractivity contribution in [2.24, 2.45) is 0 Å². The number of thiophene rings is 1. The van der Waals surface area contributed by atoms with Gasteiger partial charge in [0.1, 0.15) is 0 Å². The fourth-order valence-corrected chi connectivity index (χ4v) is 3.96. The Labute approximate surface area is 176 Å². The summed E-state index contributed by atoms with van der Waals surface area (Å²) in [6.07, 6.45) is -3.77. The number of hydrogen-bond donors (Lipinski definition) is 0. The van der Waals surface area contributed by atoms with Gasteiger partial charge in [0.2, 0.25) is 0 Å². The molecule has 152 valence electrons. The van der Waals surface area contributed by atoms with Crippen LogP contribution in [0.3, 0.4) is 0 Å². The molecule has 0 unspecified atom stereocenters. The molecule has 7 heteroatoms. The van der Waals surface area contributed by atoms with Gasteiger partial charge in [0.25, 0.3) is 5.91 Å². The first-order chi connectivity index (χ1) is 13.7. The van der Waals surface area contributed by atoms with E-state index < -0.39 is 11.7 Å². The van der Waals surface area contributed by atoms with Crippen molar-refractivity contribution in [3.8, 4) is 0 Å². The van der Waals surface area contributed by atoms with Crippen molar-refractivity contribution in [1.29, 1.82) is 0 Å². The van der Waals surface area contributed by atoms with Crippen molar-refractivity contribution in [2.45, 2.75) is 32.1 Å². The molecule has 0 spiro atoms. The zero-order chi connectivity index (χ0) is 21.0. The molecule has 2 nitrogen and oxygen atoms in total. The molecule has 0 radical (unpaired) electrons. The zero-order valence-corrected chi connectivity index (χ0v) is 17.2. The molecule has 0 bridgehead atoms. The lowest BCUT2D eigenvalue weighted by molar-refractivity contribution is -0.137. The fourth-order valence-electron chi connectivity index (χ4n) is 3.01.